The van der Waals surface area contributed by atoms with Gasteiger partial charge >= 0.3 is 0 Å². The molecule has 1 aliphatic heterocycles. The third-order valence-electron chi connectivity index (χ3n) is 3.19. The second-order valence-electron chi connectivity index (χ2n) is 4.52. The highest BCUT2D eigenvalue weighted by molar-refractivity contribution is 5.96. The molecule has 0 saturated carbocycles. The fourth-order valence-corrected chi connectivity index (χ4v) is 2.29. The molecule has 2 heterocycles. The first-order valence-electron chi connectivity index (χ1n) is 5.96. The molecular weight excluding hydrogens is 228 g/mol. The molecular formula is C13H14N4O. The summed E-state index contributed by atoms with van der Waals surface area (Å²) in [5, 5.41) is 7.90. The lowest BCUT2D eigenvalue weighted by Gasteiger charge is -2.27. The van der Waals surface area contributed by atoms with Crippen LogP contribution in [0.15, 0.2) is 30.5 Å². The molecule has 0 fully saturated rings. The van der Waals surface area contributed by atoms with Crippen LogP contribution in [0.5, 0.6) is 0 Å². The number of benzene rings is 1. The van der Waals surface area contributed by atoms with E-state index in [1.807, 2.05) is 42.4 Å². The minimum Gasteiger partial charge on any atom is -0.332 e. The molecule has 0 saturated heterocycles. The Morgan fingerprint density at radius 1 is 1.33 bits per heavy atom. The highest BCUT2D eigenvalue weighted by atomic mass is 16.2. The third kappa shape index (κ3) is 1.88. The SMILES string of the molecule is Cn1cc(CN2CCc3ccccc3C2=O)nn1. The van der Waals surface area contributed by atoms with Gasteiger partial charge in [-0.05, 0) is 18.1 Å². The fraction of sp³-hybridized carbons (Fsp3) is 0.308. The second kappa shape index (κ2) is 4.25. The van der Waals surface area contributed by atoms with E-state index in [9.17, 15) is 4.79 Å². The first-order valence-corrected chi connectivity index (χ1v) is 5.96. The summed E-state index contributed by atoms with van der Waals surface area (Å²) in [6.07, 6.45) is 2.75. The van der Waals surface area contributed by atoms with Crippen molar-refractivity contribution in [3.05, 3.63) is 47.3 Å². The number of fused-ring (bicyclic) bond motifs is 1. The van der Waals surface area contributed by atoms with Gasteiger partial charge in [-0.1, -0.05) is 23.4 Å². The van der Waals surface area contributed by atoms with Gasteiger partial charge in [0.1, 0.15) is 5.69 Å². The largest absolute Gasteiger partial charge is 0.332 e. The number of nitrogens with zero attached hydrogens (tertiary/aromatic N) is 4. The van der Waals surface area contributed by atoms with Gasteiger partial charge in [-0.2, -0.15) is 0 Å². The van der Waals surface area contributed by atoms with Crippen LogP contribution < -0.4 is 0 Å². The number of hydrogen-bond acceptors (Lipinski definition) is 3. The fourth-order valence-electron chi connectivity index (χ4n) is 2.29. The van der Waals surface area contributed by atoms with E-state index in [2.05, 4.69) is 10.3 Å². The molecule has 18 heavy (non-hydrogen) atoms. The molecule has 5 heteroatoms. The predicted octanol–water partition coefficient (Wildman–Crippen LogP) is 1.01. The number of aryl methyl sites for hydroxylation is 1. The summed E-state index contributed by atoms with van der Waals surface area (Å²) in [7, 11) is 1.82. The molecule has 0 atom stereocenters. The van der Waals surface area contributed by atoms with E-state index in [4.69, 9.17) is 0 Å². The van der Waals surface area contributed by atoms with E-state index in [-0.39, 0.29) is 5.91 Å². The maximum atomic E-state index is 12.3. The highest BCUT2D eigenvalue weighted by Crippen LogP contribution is 2.19. The van der Waals surface area contributed by atoms with Gasteiger partial charge < -0.3 is 4.90 Å². The molecule has 0 aliphatic carbocycles. The van der Waals surface area contributed by atoms with Crippen LogP contribution in [0.1, 0.15) is 21.6 Å². The van der Waals surface area contributed by atoms with E-state index in [0.717, 1.165) is 29.8 Å². The van der Waals surface area contributed by atoms with Crippen molar-refractivity contribution in [2.75, 3.05) is 6.54 Å². The van der Waals surface area contributed by atoms with Crippen molar-refractivity contribution in [3.63, 3.8) is 0 Å². The van der Waals surface area contributed by atoms with Gasteiger partial charge in [0.25, 0.3) is 5.91 Å². The number of aromatic nitrogens is 3. The molecule has 2 aromatic rings. The standard InChI is InChI=1S/C13H14N4O/c1-16-8-11(14-15-16)9-17-7-6-10-4-2-3-5-12(10)13(17)18/h2-5,8H,6-7,9H2,1H3. The van der Waals surface area contributed by atoms with Crippen molar-refractivity contribution in [2.45, 2.75) is 13.0 Å². The van der Waals surface area contributed by atoms with Crippen molar-refractivity contribution >= 4 is 5.91 Å². The van der Waals surface area contributed by atoms with Crippen LogP contribution in [0.25, 0.3) is 0 Å². The molecule has 5 nitrogen and oxygen atoms in total. The Bertz CT molecular complexity index is 590. The van der Waals surface area contributed by atoms with Gasteiger partial charge in [0.05, 0.1) is 6.54 Å². The van der Waals surface area contributed by atoms with Crippen molar-refractivity contribution in [3.8, 4) is 0 Å². The average molecular weight is 242 g/mol. The van der Waals surface area contributed by atoms with E-state index in [0.29, 0.717) is 6.54 Å². The molecule has 1 aliphatic rings. The molecule has 0 N–H and O–H groups in total. The van der Waals surface area contributed by atoms with Crippen molar-refractivity contribution in [1.82, 2.24) is 19.9 Å². The number of hydrogen-bond donors (Lipinski definition) is 0. The van der Waals surface area contributed by atoms with Crippen LogP contribution >= 0.6 is 0 Å². The van der Waals surface area contributed by atoms with E-state index < -0.39 is 0 Å². The molecule has 0 radical (unpaired) electrons. The van der Waals surface area contributed by atoms with Crippen LogP contribution in [-0.2, 0) is 20.0 Å². The summed E-state index contributed by atoms with van der Waals surface area (Å²) in [5.74, 6) is 0.0857. The molecule has 92 valence electrons. The highest BCUT2D eigenvalue weighted by Gasteiger charge is 2.24. The zero-order valence-electron chi connectivity index (χ0n) is 10.2. The summed E-state index contributed by atoms with van der Waals surface area (Å²) >= 11 is 0. The van der Waals surface area contributed by atoms with Gasteiger partial charge in [0.15, 0.2) is 0 Å². The lowest BCUT2D eigenvalue weighted by Crippen LogP contribution is -2.37. The maximum Gasteiger partial charge on any atom is 0.254 e. The summed E-state index contributed by atoms with van der Waals surface area (Å²) < 4.78 is 1.65. The molecule has 1 aromatic heterocycles. The Labute approximate surface area is 105 Å². The van der Waals surface area contributed by atoms with Crippen LogP contribution in [0, 0.1) is 0 Å². The minimum absolute atomic E-state index is 0.0857. The van der Waals surface area contributed by atoms with E-state index in [1.54, 1.807) is 4.68 Å². The first kappa shape index (κ1) is 11.0. The Kier molecular flexibility index (Phi) is 2.59. The smallest absolute Gasteiger partial charge is 0.254 e. The normalized spacial score (nSPS) is 14.7. The maximum absolute atomic E-state index is 12.3. The molecule has 3 rings (SSSR count). The first-order chi connectivity index (χ1) is 8.74. The Morgan fingerprint density at radius 2 is 2.17 bits per heavy atom. The van der Waals surface area contributed by atoms with E-state index >= 15 is 0 Å². The van der Waals surface area contributed by atoms with Crippen molar-refractivity contribution < 1.29 is 4.79 Å². The topological polar surface area (TPSA) is 51.0 Å². The summed E-state index contributed by atoms with van der Waals surface area (Å²) in [5.41, 5.74) is 2.77. The third-order valence-corrected chi connectivity index (χ3v) is 3.19. The Morgan fingerprint density at radius 3 is 2.94 bits per heavy atom. The van der Waals surface area contributed by atoms with Gasteiger partial charge in [-0.15, -0.1) is 5.10 Å². The summed E-state index contributed by atoms with van der Waals surface area (Å²) in [6.45, 7) is 1.27. The Balaban J connectivity index is 1.82. The van der Waals surface area contributed by atoms with Crippen molar-refractivity contribution in [2.24, 2.45) is 7.05 Å². The quantitative estimate of drug-likeness (QED) is 0.790. The van der Waals surface area contributed by atoms with Gasteiger partial charge in [0.2, 0.25) is 0 Å². The molecule has 0 bridgehead atoms. The van der Waals surface area contributed by atoms with Crippen molar-refractivity contribution in [1.29, 1.82) is 0 Å². The van der Waals surface area contributed by atoms with Crippen LogP contribution in [0.3, 0.4) is 0 Å². The molecule has 0 spiro atoms. The molecule has 1 aromatic carbocycles. The second-order valence-corrected chi connectivity index (χ2v) is 4.52. The van der Waals surface area contributed by atoms with Crippen LogP contribution in [-0.4, -0.2) is 32.3 Å². The molecule has 0 unspecified atom stereocenters. The van der Waals surface area contributed by atoms with Gasteiger partial charge in [-0.3, -0.25) is 9.48 Å². The lowest BCUT2D eigenvalue weighted by atomic mass is 9.99. The Hall–Kier alpha value is -2.17. The van der Waals surface area contributed by atoms with Gasteiger partial charge in [-0.25, -0.2) is 0 Å². The molecule has 1 amide bonds. The average Bonchev–Trinajstić information content (AvgIpc) is 2.79. The predicted molar refractivity (Wildman–Crippen MR) is 65.9 cm³/mol. The van der Waals surface area contributed by atoms with Gasteiger partial charge in [0, 0.05) is 25.4 Å². The van der Waals surface area contributed by atoms with Crippen LogP contribution in [0.4, 0.5) is 0 Å². The number of carbonyl (C=O) groups excluding carboxylic acids is 1. The summed E-state index contributed by atoms with van der Waals surface area (Å²) in [6, 6.07) is 7.79. The number of carbonyl (C=O) groups is 1. The number of rotatable bonds is 2. The zero-order chi connectivity index (χ0) is 12.5. The summed E-state index contributed by atoms with van der Waals surface area (Å²) in [4.78, 5) is 14.1. The van der Waals surface area contributed by atoms with E-state index in [1.165, 1.54) is 0 Å². The zero-order valence-corrected chi connectivity index (χ0v) is 10.2. The lowest BCUT2D eigenvalue weighted by molar-refractivity contribution is 0.0725. The monoisotopic (exact) mass is 242 g/mol. The van der Waals surface area contributed by atoms with Crippen LogP contribution in [0.2, 0.25) is 0 Å². The number of amides is 1. The minimum atomic E-state index is 0.0857.